The first kappa shape index (κ1) is 16.3. The van der Waals surface area contributed by atoms with Gasteiger partial charge in [0, 0.05) is 17.9 Å². The Morgan fingerprint density at radius 1 is 1.36 bits per heavy atom. The van der Waals surface area contributed by atoms with Gasteiger partial charge in [0.15, 0.2) is 0 Å². The van der Waals surface area contributed by atoms with Crippen molar-refractivity contribution >= 4 is 5.97 Å². The van der Waals surface area contributed by atoms with Crippen LogP contribution in [0.25, 0.3) is 0 Å². The van der Waals surface area contributed by atoms with Crippen LogP contribution in [-0.4, -0.2) is 39.5 Å². The van der Waals surface area contributed by atoms with Crippen LogP contribution in [0.15, 0.2) is 36.9 Å². The van der Waals surface area contributed by atoms with E-state index in [1.165, 1.54) is 6.33 Å². The van der Waals surface area contributed by atoms with Crippen molar-refractivity contribution in [2.24, 2.45) is 11.3 Å². The number of rotatable bonds is 4. The van der Waals surface area contributed by atoms with Crippen molar-refractivity contribution in [1.29, 1.82) is 0 Å². The molecule has 132 valence electrons. The topological polar surface area (TPSA) is 66.2 Å². The van der Waals surface area contributed by atoms with E-state index in [1.807, 2.05) is 24.3 Å². The molecule has 1 saturated carbocycles. The first-order valence-electron chi connectivity index (χ1n) is 8.79. The van der Waals surface area contributed by atoms with Crippen molar-refractivity contribution in [3.63, 3.8) is 0 Å². The molecule has 0 amide bonds. The molecule has 1 aromatic carbocycles. The van der Waals surface area contributed by atoms with Crippen LogP contribution in [0.4, 0.5) is 0 Å². The number of fused-ring (bicyclic) bond motifs is 1. The second kappa shape index (κ2) is 6.26. The van der Waals surface area contributed by atoms with Crippen molar-refractivity contribution in [2.75, 3.05) is 6.61 Å². The summed E-state index contributed by atoms with van der Waals surface area (Å²) in [5.74, 6) is 0.0775. The minimum Gasteiger partial charge on any atom is -0.458 e. The Balaban J connectivity index is 1.41. The van der Waals surface area contributed by atoms with E-state index in [9.17, 15) is 4.79 Å². The van der Waals surface area contributed by atoms with Crippen LogP contribution in [0.5, 0.6) is 0 Å². The Morgan fingerprint density at radius 3 is 2.88 bits per heavy atom. The highest BCUT2D eigenvalue weighted by molar-refractivity contribution is 5.89. The van der Waals surface area contributed by atoms with Crippen LogP contribution in [0.2, 0.25) is 0 Å². The van der Waals surface area contributed by atoms with Gasteiger partial charge in [0.1, 0.15) is 18.8 Å². The largest absolute Gasteiger partial charge is 0.458 e. The summed E-state index contributed by atoms with van der Waals surface area (Å²) >= 11 is 0. The third kappa shape index (κ3) is 2.95. The zero-order chi connectivity index (χ0) is 17.4. The summed E-state index contributed by atoms with van der Waals surface area (Å²) in [6.07, 6.45) is 5.44. The third-order valence-corrected chi connectivity index (χ3v) is 5.46. The molecule has 0 N–H and O–H groups in total. The molecule has 6 nitrogen and oxygen atoms in total. The van der Waals surface area contributed by atoms with E-state index in [0.717, 1.165) is 25.0 Å². The lowest BCUT2D eigenvalue weighted by Gasteiger charge is -2.58. The minimum atomic E-state index is -0.255. The van der Waals surface area contributed by atoms with Crippen molar-refractivity contribution in [1.82, 2.24) is 14.8 Å². The summed E-state index contributed by atoms with van der Waals surface area (Å²) in [5.41, 5.74) is 1.53. The average molecular weight is 341 g/mol. The average Bonchev–Trinajstić information content (AvgIpc) is 3.13. The summed E-state index contributed by atoms with van der Waals surface area (Å²) in [4.78, 5) is 16.5. The van der Waals surface area contributed by atoms with Gasteiger partial charge >= 0.3 is 5.97 Å². The molecule has 1 aliphatic heterocycles. The van der Waals surface area contributed by atoms with E-state index in [2.05, 4.69) is 23.9 Å². The van der Waals surface area contributed by atoms with Crippen LogP contribution >= 0.6 is 0 Å². The highest BCUT2D eigenvalue weighted by Crippen LogP contribution is 2.53. The lowest BCUT2D eigenvalue weighted by Crippen LogP contribution is -2.65. The van der Waals surface area contributed by atoms with Crippen LogP contribution in [0.3, 0.4) is 0 Å². The molecule has 2 heterocycles. The zero-order valence-corrected chi connectivity index (χ0v) is 14.6. The molecule has 2 fully saturated rings. The molecule has 6 heteroatoms. The summed E-state index contributed by atoms with van der Waals surface area (Å²) in [6.45, 7) is 5.70. The molecule has 1 aliphatic carbocycles. The predicted molar refractivity (Wildman–Crippen MR) is 91.0 cm³/mol. The van der Waals surface area contributed by atoms with Gasteiger partial charge in [-0.2, -0.15) is 5.10 Å². The fourth-order valence-corrected chi connectivity index (χ4v) is 4.15. The molecule has 0 radical (unpaired) electrons. The number of carbonyl (C=O) groups is 1. The summed E-state index contributed by atoms with van der Waals surface area (Å²) < 4.78 is 13.5. The van der Waals surface area contributed by atoms with E-state index >= 15 is 0 Å². The number of benzene rings is 1. The third-order valence-electron chi connectivity index (χ3n) is 5.46. The number of aromatic nitrogens is 3. The standard InChI is InChI=1S/C19H23N3O3/c1-19(2)16-15(4-3-9-24-16)17(19)25-18(23)14-7-5-13(6-8-14)10-22-12-20-11-21-22/h5-8,11-12,15-17H,3-4,9-10H2,1-2H3/t15-,16+,17+/m0/s1. The summed E-state index contributed by atoms with van der Waals surface area (Å²) in [5, 5.41) is 4.08. The molecular weight excluding hydrogens is 318 g/mol. The Morgan fingerprint density at radius 2 is 2.16 bits per heavy atom. The molecule has 1 aromatic heterocycles. The highest BCUT2D eigenvalue weighted by atomic mass is 16.6. The second-order valence-corrected chi connectivity index (χ2v) is 7.53. The highest BCUT2D eigenvalue weighted by Gasteiger charge is 2.60. The molecule has 0 bridgehead atoms. The number of ether oxygens (including phenoxy) is 2. The zero-order valence-electron chi connectivity index (χ0n) is 14.6. The van der Waals surface area contributed by atoms with Gasteiger partial charge in [0.05, 0.1) is 18.2 Å². The molecule has 3 atom stereocenters. The lowest BCUT2D eigenvalue weighted by atomic mass is 9.57. The van der Waals surface area contributed by atoms with Crippen molar-refractivity contribution in [2.45, 2.75) is 45.4 Å². The maximum Gasteiger partial charge on any atom is 0.338 e. The number of esters is 1. The van der Waals surface area contributed by atoms with Crippen LogP contribution in [0, 0.1) is 11.3 Å². The van der Waals surface area contributed by atoms with Gasteiger partial charge in [-0.3, -0.25) is 0 Å². The van der Waals surface area contributed by atoms with Crippen LogP contribution < -0.4 is 0 Å². The van der Waals surface area contributed by atoms with Gasteiger partial charge in [-0.1, -0.05) is 26.0 Å². The molecule has 2 aliphatic rings. The van der Waals surface area contributed by atoms with Crippen molar-refractivity contribution < 1.29 is 14.3 Å². The molecule has 1 saturated heterocycles. The van der Waals surface area contributed by atoms with E-state index in [4.69, 9.17) is 9.47 Å². The molecule has 0 unspecified atom stereocenters. The summed E-state index contributed by atoms with van der Waals surface area (Å²) in [7, 11) is 0. The minimum absolute atomic E-state index is 0.0693. The fourth-order valence-electron chi connectivity index (χ4n) is 4.15. The Labute approximate surface area is 147 Å². The van der Waals surface area contributed by atoms with E-state index in [1.54, 1.807) is 11.0 Å². The number of hydrogen-bond donors (Lipinski definition) is 0. The Bertz CT molecular complexity index is 740. The Kier molecular flexibility index (Phi) is 4.07. The van der Waals surface area contributed by atoms with Crippen LogP contribution in [-0.2, 0) is 16.0 Å². The maximum absolute atomic E-state index is 12.5. The van der Waals surface area contributed by atoms with Crippen molar-refractivity contribution in [3.8, 4) is 0 Å². The smallest absolute Gasteiger partial charge is 0.338 e. The van der Waals surface area contributed by atoms with Gasteiger partial charge in [-0.05, 0) is 30.5 Å². The normalized spacial score (nSPS) is 27.2. The first-order chi connectivity index (χ1) is 12.1. The van der Waals surface area contributed by atoms with Gasteiger partial charge in [0.2, 0.25) is 0 Å². The molecule has 25 heavy (non-hydrogen) atoms. The van der Waals surface area contributed by atoms with E-state index < -0.39 is 0 Å². The van der Waals surface area contributed by atoms with Gasteiger partial charge in [-0.15, -0.1) is 0 Å². The quantitative estimate of drug-likeness (QED) is 0.800. The molecule has 4 rings (SSSR count). The van der Waals surface area contributed by atoms with Gasteiger partial charge in [0.25, 0.3) is 0 Å². The Hall–Kier alpha value is -2.21. The molecule has 0 spiro atoms. The summed E-state index contributed by atoms with van der Waals surface area (Å²) in [6, 6.07) is 7.48. The SMILES string of the molecule is CC1(C)[C@@H]2OCCC[C@@H]2[C@H]1OC(=O)c1ccc(Cn2cncn2)cc1. The van der Waals surface area contributed by atoms with E-state index in [0.29, 0.717) is 18.0 Å². The molecular formula is C19H23N3O3. The predicted octanol–water partition coefficient (Wildman–Crippen LogP) is 2.69. The van der Waals surface area contributed by atoms with Crippen LogP contribution in [0.1, 0.15) is 42.6 Å². The van der Waals surface area contributed by atoms with Crippen molar-refractivity contribution in [3.05, 3.63) is 48.0 Å². The fraction of sp³-hybridized carbons (Fsp3) is 0.526. The number of nitrogens with zero attached hydrogens (tertiary/aromatic N) is 3. The molecule has 2 aromatic rings. The maximum atomic E-state index is 12.5. The lowest BCUT2D eigenvalue weighted by molar-refractivity contribution is -0.243. The first-order valence-corrected chi connectivity index (χ1v) is 8.79. The van der Waals surface area contributed by atoms with Gasteiger partial charge < -0.3 is 9.47 Å². The van der Waals surface area contributed by atoms with Gasteiger partial charge in [-0.25, -0.2) is 14.5 Å². The number of hydrogen-bond acceptors (Lipinski definition) is 5. The van der Waals surface area contributed by atoms with E-state index in [-0.39, 0.29) is 23.6 Å². The number of carbonyl (C=O) groups excluding carboxylic acids is 1. The monoisotopic (exact) mass is 341 g/mol. The second-order valence-electron chi connectivity index (χ2n) is 7.53.